The van der Waals surface area contributed by atoms with E-state index < -0.39 is 0 Å². The first-order valence-corrected chi connectivity index (χ1v) is 10.1. The molecule has 1 amide bonds. The highest BCUT2D eigenvalue weighted by Gasteiger charge is 2.12. The summed E-state index contributed by atoms with van der Waals surface area (Å²) in [5, 5.41) is 5.49. The number of hydrogen-bond acceptors (Lipinski definition) is 5. The van der Waals surface area contributed by atoms with Gasteiger partial charge in [-0.15, -0.1) is 11.3 Å². The fraction of sp³-hybridized carbons (Fsp3) is 0.136. The Morgan fingerprint density at radius 2 is 2.07 bits per heavy atom. The maximum absolute atomic E-state index is 12.6. The zero-order valence-electron chi connectivity index (χ0n) is 15.9. The molecule has 0 radical (unpaired) electrons. The van der Waals surface area contributed by atoms with Crippen LogP contribution in [0.1, 0.15) is 16.1 Å². The molecule has 0 aliphatic rings. The van der Waals surface area contributed by atoms with Crippen LogP contribution in [0.15, 0.2) is 72.6 Å². The number of carbonyl (C=O) groups is 1. The van der Waals surface area contributed by atoms with Crippen LogP contribution < -0.4 is 10.1 Å². The number of rotatable bonds is 7. The molecule has 0 unspecified atom stereocenters. The summed E-state index contributed by atoms with van der Waals surface area (Å²) in [7, 11) is 0. The lowest BCUT2D eigenvalue weighted by molar-refractivity contribution is 0.102. The first-order valence-electron chi connectivity index (χ1n) is 9.20. The minimum atomic E-state index is -0.241. The molecule has 4 rings (SSSR count). The number of thiazole rings is 1. The third-order valence-electron chi connectivity index (χ3n) is 4.30. The molecule has 6 nitrogen and oxygen atoms in total. The molecule has 2 aromatic heterocycles. The van der Waals surface area contributed by atoms with Gasteiger partial charge in [0.2, 0.25) is 0 Å². The third kappa shape index (κ3) is 4.89. The molecule has 0 saturated heterocycles. The quantitative estimate of drug-likeness (QED) is 0.487. The van der Waals surface area contributed by atoms with Crippen molar-refractivity contribution in [2.75, 3.05) is 11.9 Å². The van der Waals surface area contributed by atoms with Crippen molar-refractivity contribution in [3.63, 3.8) is 0 Å². The number of amides is 1. The van der Waals surface area contributed by atoms with Gasteiger partial charge in [-0.3, -0.25) is 4.79 Å². The molecule has 1 N–H and O–H groups in total. The Kier molecular flexibility index (Phi) is 5.67. The largest absolute Gasteiger partial charge is 0.492 e. The van der Waals surface area contributed by atoms with Crippen molar-refractivity contribution in [1.82, 2.24) is 14.5 Å². The minimum Gasteiger partial charge on any atom is -0.492 e. The molecule has 0 saturated carbocycles. The monoisotopic (exact) mass is 404 g/mol. The lowest BCUT2D eigenvalue weighted by Gasteiger charge is -2.09. The van der Waals surface area contributed by atoms with E-state index in [9.17, 15) is 4.79 Å². The van der Waals surface area contributed by atoms with E-state index in [1.54, 1.807) is 24.0 Å². The number of aryl methyl sites for hydroxylation is 1. The molecule has 29 heavy (non-hydrogen) atoms. The molecule has 2 heterocycles. The molecule has 0 bridgehead atoms. The van der Waals surface area contributed by atoms with Gasteiger partial charge < -0.3 is 14.6 Å². The van der Waals surface area contributed by atoms with Crippen LogP contribution >= 0.6 is 11.3 Å². The van der Waals surface area contributed by atoms with E-state index in [-0.39, 0.29) is 5.91 Å². The van der Waals surface area contributed by atoms with Gasteiger partial charge in [0.05, 0.1) is 12.9 Å². The predicted molar refractivity (Wildman–Crippen MR) is 114 cm³/mol. The molecule has 0 aliphatic heterocycles. The molecule has 146 valence electrons. The molecular formula is C22H20N4O2S. The van der Waals surface area contributed by atoms with Crippen molar-refractivity contribution in [2.45, 2.75) is 13.5 Å². The second kappa shape index (κ2) is 8.70. The summed E-state index contributed by atoms with van der Waals surface area (Å²) in [6, 6.07) is 15.4. The van der Waals surface area contributed by atoms with Crippen molar-refractivity contribution in [3.8, 4) is 16.3 Å². The molecule has 4 aromatic rings. The fourth-order valence-corrected chi connectivity index (χ4v) is 3.56. The van der Waals surface area contributed by atoms with Crippen LogP contribution in [-0.4, -0.2) is 27.0 Å². The number of nitrogens with zero attached hydrogens (tertiary/aromatic N) is 3. The number of anilines is 1. The summed E-state index contributed by atoms with van der Waals surface area (Å²) >= 11 is 1.46. The van der Waals surface area contributed by atoms with Crippen LogP contribution in [0, 0.1) is 6.92 Å². The van der Waals surface area contributed by atoms with Gasteiger partial charge in [-0.2, -0.15) is 0 Å². The van der Waals surface area contributed by atoms with Gasteiger partial charge in [0.25, 0.3) is 5.91 Å². The summed E-state index contributed by atoms with van der Waals surface area (Å²) in [5.41, 5.74) is 3.26. The van der Waals surface area contributed by atoms with Crippen molar-refractivity contribution < 1.29 is 9.53 Å². The highest BCUT2D eigenvalue weighted by atomic mass is 32.1. The first-order chi connectivity index (χ1) is 14.2. The number of hydrogen-bond donors (Lipinski definition) is 1. The fourth-order valence-electron chi connectivity index (χ4n) is 2.75. The molecule has 0 atom stereocenters. The average Bonchev–Trinajstić information content (AvgIpc) is 3.41. The van der Waals surface area contributed by atoms with Crippen LogP contribution in [-0.2, 0) is 6.54 Å². The maximum Gasteiger partial charge on any atom is 0.275 e. The van der Waals surface area contributed by atoms with Crippen LogP contribution in [0.4, 0.5) is 5.69 Å². The number of aromatic nitrogens is 3. The minimum absolute atomic E-state index is 0.241. The Hall–Kier alpha value is -3.45. The average molecular weight is 404 g/mol. The standard InChI is InChI=1S/C22H20N4O2S/c1-16-5-7-17(8-6-16)22-25-20(14-29-22)21(27)24-18-3-2-4-19(13-18)28-12-11-26-10-9-23-15-26/h2-10,13-15H,11-12H2,1H3,(H,24,27). The van der Waals surface area contributed by atoms with E-state index in [0.29, 0.717) is 30.3 Å². The second-order valence-electron chi connectivity index (χ2n) is 6.53. The number of benzene rings is 2. The van der Waals surface area contributed by atoms with E-state index in [1.807, 2.05) is 60.2 Å². The van der Waals surface area contributed by atoms with Gasteiger partial charge in [0, 0.05) is 35.1 Å². The van der Waals surface area contributed by atoms with Crippen molar-refractivity contribution in [1.29, 1.82) is 0 Å². The molecule has 0 aliphatic carbocycles. The Labute approximate surface area is 172 Å². The van der Waals surface area contributed by atoms with E-state index in [2.05, 4.69) is 15.3 Å². The zero-order chi connectivity index (χ0) is 20.1. The summed E-state index contributed by atoms with van der Waals surface area (Å²) in [6.07, 6.45) is 5.37. The first kappa shape index (κ1) is 18.9. The van der Waals surface area contributed by atoms with Gasteiger partial charge in [-0.1, -0.05) is 35.9 Å². The number of carbonyl (C=O) groups excluding carboxylic acids is 1. The van der Waals surface area contributed by atoms with E-state index in [0.717, 1.165) is 10.6 Å². The maximum atomic E-state index is 12.6. The van der Waals surface area contributed by atoms with Crippen LogP contribution in [0.2, 0.25) is 0 Å². The third-order valence-corrected chi connectivity index (χ3v) is 5.20. The summed E-state index contributed by atoms with van der Waals surface area (Å²) in [5.74, 6) is 0.455. The van der Waals surface area contributed by atoms with E-state index >= 15 is 0 Å². The van der Waals surface area contributed by atoms with Crippen LogP contribution in [0.25, 0.3) is 10.6 Å². The van der Waals surface area contributed by atoms with Crippen molar-refractivity contribution in [3.05, 3.63) is 83.9 Å². The highest BCUT2D eigenvalue weighted by molar-refractivity contribution is 7.13. The number of ether oxygens (including phenoxy) is 1. The summed E-state index contributed by atoms with van der Waals surface area (Å²) < 4.78 is 7.71. The smallest absolute Gasteiger partial charge is 0.275 e. The normalized spacial score (nSPS) is 10.7. The van der Waals surface area contributed by atoms with Gasteiger partial charge >= 0.3 is 0 Å². The van der Waals surface area contributed by atoms with Gasteiger partial charge in [-0.25, -0.2) is 9.97 Å². The van der Waals surface area contributed by atoms with Gasteiger partial charge in [0.1, 0.15) is 23.1 Å². The van der Waals surface area contributed by atoms with E-state index in [1.165, 1.54) is 16.9 Å². The number of imidazole rings is 1. The summed E-state index contributed by atoms with van der Waals surface area (Å²) in [6.45, 7) is 3.26. The Morgan fingerprint density at radius 3 is 2.86 bits per heavy atom. The van der Waals surface area contributed by atoms with Crippen molar-refractivity contribution in [2.24, 2.45) is 0 Å². The predicted octanol–water partition coefficient (Wildman–Crippen LogP) is 4.65. The molecule has 7 heteroatoms. The number of nitrogens with one attached hydrogen (secondary N) is 1. The topological polar surface area (TPSA) is 69.0 Å². The van der Waals surface area contributed by atoms with Gasteiger partial charge in [0.15, 0.2) is 0 Å². The Balaban J connectivity index is 1.37. The Morgan fingerprint density at radius 1 is 1.21 bits per heavy atom. The molecule has 2 aromatic carbocycles. The van der Waals surface area contributed by atoms with Gasteiger partial charge in [-0.05, 0) is 19.1 Å². The molecule has 0 spiro atoms. The van der Waals surface area contributed by atoms with Crippen molar-refractivity contribution >= 4 is 22.9 Å². The Bertz CT molecular complexity index is 1090. The second-order valence-corrected chi connectivity index (χ2v) is 7.39. The van der Waals surface area contributed by atoms with Crippen LogP contribution in [0.3, 0.4) is 0 Å². The lowest BCUT2D eigenvalue weighted by atomic mass is 10.2. The summed E-state index contributed by atoms with van der Waals surface area (Å²) in [4.78, 5) is 21.1. The molecular weight excluding hydrogens is 384 g/mol. The zero-order valence-corrected chi connectivity index (χ0v) is 16.7. The van der Waals surface area contributed by atoms with Crippen LogP contribution in [0.5, 0.6) is 5.75 Å². The van der Waals surface area contributed by atoms with E-state index in [4.69, 9.17) is 4.74 Å². The molecule has 0 fully saturated rings. The lowest BCUT2D eigenvalue weighted by Crippen LogP contribution is -2.12. The highest BCUT2D eigenvalue weighted by Crippen LogP contribution is 2.25. The SMILES string of the molecule is Cc1ccc(-c2nc(C(=O)Nc3cccc(OCCn4ccnc4)c3)cs2)cc1.